The number of hydrogen-bond acceptors (Lipinski definition) is 6. The van der Waals surface area contributed by atoms with Crippen LogP contribution in [0.3, 0.4) is 0 Å². The highest BCUT2D eigenvalue weighted by molar-refractivity contribution is 7.99. The molecule has 3 rings (SSSR count). The van der Waals surface area contributed by atoms with Gasteiger partial charge in [0.1, 0.15) is 0 Å². The van der Waals surface area contributed by atoms with Crippen LogP contribution < -0.4 is 16.6 Å². The zero-order valence-corrected chi connectivity index (χ0v) is 14.0. The summed E-state index contributed by atoms with van der Waals surface area (Å²) in [6, 6.07) is 14.4. The van der Waals surface area contributed by atoms with Gasteiger partial charge in [-0.05, 0) is 11.5 Å². The number of thioether (sulfide) groups is 1. The summed E-state index contributed by atoms with van der Waals surface area (Å²) in [5.41, 5.74) is 3.14. The summed E-state index contributed by atoms with van der Waals surface area (Å²) in [7, 11) is 1.88. The van der Waals surface area contributed by atoms with E-state index in [1.807, 2.05) is 35.9 Å². The smallest absolute Gasteiger partial charge is 0.244 e. The van der Waals surface area contributed by atoms with Crippen molar-refractivity contribution in [2.45, 2.75) is 11.7 Å². The van der Waals surface area contributed by atoms with E-state index in [1.54, 1.807) is 0 Å². The molecule has 0 saturated heterocycles. The average molecular weight is 342 g/mol. The molecule has 4 N–H and O–H groups in total. The zero-order chi connectivity index (χ0) is 16.9. The first kappa shape index (κ1) is 16.3. The van der Waals surface area contributed by atoms with Crippen molar-refractivity contribution in [2.24, 2.45) is 12.9 Å². The number of anilines is 1. The molecule has 3 aromatic rings. The lowest BCUT2D eigenvalue weighted by Crippen LogP contribution is -2.31. The van der Waals surface area contributed by atoms with Crippen molar-refractivity contribution in [1.29, 1.82) is 0 Å². The Morgan fingerprint density at radius 3 is 2.83 bits per heavy atom. The molecule has 0 saturated carbocycles. The topological polar surface area (TPSA) is 97.9 Å². The maximum Gasteiger partial charge on any atom is 0.244 e. The summed E-state index contributed by atoms with van der Waals surface area (Å²) < 4.78 is 1.87. The van der Waals surface area contributed by atoms with E-state index in [0.29, 0.717) is 11.7 Å². The van der Waals surface area contributed by atoms with Crippen LogP contribution in [0.1, 0.15) is 5.82 Å². The molecule has 2 aromatic carbocycles. The van der Waals surface area contributed by atoms with Crippen molar-refractivity contribution in [3.8, 4) is 0 Å². The highest BCUT2D eigenvalue weighted by atomic mass is 32.2. The van der Waals surface area contributed by atoms with Crippen LogP contribution in [-0.4, -0.2) is 26.4 Å². The Morgan fingerprint density at radius 1 is 1.21 bits per heavy atom. The molecule has 7 nitrogen and oxygen atoms in total. The maximum atomic E-state index is 11.2. The maximum absolute atomic E-state index is 11.2. The van der Waals surface area contributed by atoms with E-state index in [1.165, 1.54) is 17.1 Å². The van der Waals surface area contributed by atoms with E-state index in [-0.39, 0.29) is 11.7 Å². The van der Waals surface area contributed by atoms with Gasteiger partial charge in [0, 0.05) is 18.1 Å². The summed E-state index contributed by atoms with van der Waals surface area (Å²) in [6.07, 6.45) is 0. The van der Waals surface area contributed by atoms with E-state index in [2.05, 4.69) is 39.1 Å². The van der Waals surface area contributed by atoms with Gasteiger partial charge in [-0.1, -0.05) is 48.2 Å². The van der Waals surface area contributed by atoms with Gasteiger partial charge in [0.15, 0.2) is 11.0 Å². The van der Waals surface area contributed by atoms with E-state index < -0.39 is 0 Å². The van der Waals surface area contributed by atoms with Crippen molar-refractivity contribution < 1.29 is 4.79 Å². The number of rotatable bonds is 6. The Bertz CT molecular complexity index is 857. The van der Waals surface area contributed by atoms with Gasteiger partial charge in [0.05, 0.1) is 12.3 Å². The first-order chi connectivity index (χ1) is 11.7. The van der Waals surface area contributed by atoms with Crippen molar-refractivity contribution in [2.75, 3.05) is 11.1 Å². The van der Waals surface area contributed by atoms with Crippen molar-refractivity contribution in [1.82, 2.24) is 20.2 Å². The van der Waals surface area contributed by atoms with Gasteiger partial charge < -0.3 is 9.88 Å². The second-order valence-corrected chi connectivity index (χ2v) is 6.14. The van der Waals surface area contributed by atoms with Gasteiger partial charge in [-0.2, -0.15) is 0 Å². The fourth-order valence-corrected chi connectivity index (χ4v) is 3.09. The van der Waals surface area contributed by atoms with Gasteiger partial charge in [0.2, 0.25) is 5.91 Å². The molecule has 1 heterocycles. The number of hydrazine groups is 1. The number of benzene rings is 2. The predicted octanol–water partition coefficient (Wildman–Crippen LogP) is 1.66. The Labute approximate surface area is 143 Å². The SMILES string of the molecule is Cn1c(CNc2cccc3ccccc23)nnc1SCC(=O)NN. The molecule has 0 spiro atoms. The average Bonchev–Trinajstić information content (AvgIpc) is 2.97. The van der Waals surface area contributed by atoms with E-state index >= 15 is 0 Å². The molecule has 24 heavy (non-hydrogen) atoms. The van der Waals surface area contributed by atoms with Crippen LogP contribution in [0.4, 0.5) is 5.69 Å². The lowest BCUT2D eigenvalue weighted by atomic mass is 10.1. The van der Waals surface area contributed by atoms with Gasteiger partial charge in [-0.15, -0.1) is 10.2 Å². The summed E-state index contributed by atoms with van der Waals surface area (Å²) in [5, 5.41) is 14.7. The summed E-state index contributed by atoms with van der Waals surface area (Å²) in [4.78, 5) is 11.2. The van der Waals surface area contributed by atoms with Crippen molar-refractivity contribution in [3.05, 3.63) is 48.3 Å². The first-order valence-electron chi connectivity index (χ1n) is 7.41. The van der Waals surface area contributed by atoms with Crippen LogP contribution in [-0.2, 0) is 18.4 Å². The first-order valence-corrected chi connectivity index (χ1v) is 8.39. The minimum atomic E-state index is -0.251. The Hall–Kier alpha value is -2.58. The largest absolute Gasteiger partial charge is 0.377 e. The van der Waals surface area contributed by atoms with Crippen LogP contribution in [0.2, 0.25) is 0 Å². The molecule has 1 aromatic heterocycles. The van der Waals surface area contributed by atoms with E-state index in [9.17, 15) is 4.79 Å². The molecule has 0 aliphatic heterocycles. The molecule has 124 valence electrons. The fraction of sp³-hybridized carbons (Fsp3) is 0.188. The Kier molecular flexibility index (Phi) is 4.97. The van der Waals surface area contributed by atoms with Gasteiger partial charge in [0.25, 0.3) is 0 Å². The standard InChI is InChI=1S/C16H18N6OS/c1-22-14(20-21-16(22)24-10-15(23)19-17)9-18-13-8-4-6-11-5-2-3-7-12(11)13/h2-8,18H,9-10,17H2,1H3,(H,19,23). The van der Waals surface area contributed by atoms with Crippen LogP contribution >= 0.6 is 11.8 Å². The second-order valence-electron chi connectivity index (χ2n) is 5.19. The highest BCUT2D eigenvalue weighted by Gasteiger charge is 2.11. The molecule has 0 aliphatic carbocycles. The molecule has 0 atom stereocenters. The van der Waals surface area contributed by atoms with Crippen LogP contribution in [0.5, 0.6) is 0 Å². The van der Waals surface area contributed by atoms with E-state index in [0.717, 1.165) is 16.9 Å². The quantitative estimate of drug-likeness (QED) is 0.273. The normalized spacial score (nSPS) is 10.8. The van der Waals surface area contributed by atoms with Gasteiger partial charge in [-0.3, -0.25) is 10.2 Å². The second kappa shape index (κ2) is 7.33. The number of carbonyl (C=O) groups is 1. The number of nitrogens with zero attached hydrogens (tertiary/aromatic N) is 3. The molecular formula is C16H18N6OS. The molecule has 0 aliphatic rings. The number of carbonyl (C=O) groups excluding carboxylic acids is 1. The van der Waals surface area contributed by atoms with Gasteiger partial charge >= 0.3 is 0 Å². The molecule has 0 fully saturated rings. The predicted molar refractivity (Wildman–Crippen MR) is 95.3 cm³/mol. The molecule has 0 radical (unpaired) electrons. The zero-order valence-electron chi connectivity index (χ0n) is 13.2. The Morgan fingerprint density at radius 2 is 2.00 bits per heavy atom. The number of aromatic nitrogens is 3. The molecule has 0 bridgehead atoms. The minimum Gasteiger partial charge on any atom is -0.377 e. The number of fused-ring (bicyclic) bond motifs is 1. The number of nitrogens with two attached hydrogens (primary N) is 1. The third-order valence-corrected chi connectivity index (χ3v) is 4.67. The molecule has 1 amide bonds. The number of amides is 1. The lowest BCUT2D eigenvalue weighted by Gasteiger charge is -2.09. The van der Waals surface area contributed by atoms with E-state index in [4.69, 9.17) is 5.84 Å². The monoisotopic (exact) mass is 342 g/mol. The lowest BCUT2D eigenvalue weighted by molar-refractivity contribution is -0.118. The van der Waals surface area contributed by atoms with Crippen molar-refractivity contribution in [3.63, 3.8) is 0 Å². The van der Waals surface area contributed by atoms with Crippen LogP contribution in [0.25, 0.3) is 10.8 Å². The van der Waals surface area contributed by atoms with Crippen molar-refractivity contribution >= 4 is 34.1 Å². The Balaban J connectivity index is 1.70. The number of hydrogen-bond donors (Lipinski definition) is 3. The number of nitrogens with one attached hydrogen (secondary N) is 2. The van der Waals surface area contributed by atoms with Gasteiger partial charge in [-0.25, -0.2) is 5.84 Å². The summed E-state index contributed by atoms with van der Waals surface area (Å²) >= 11 is 1.29. The summed E-state index contributed by atoms with van der Waals surface area (Å²) in [6.45, 7) is 0.543. The molecule has 0 unspecified atom stereocenters. The molecule has 8 heteroatoms. The third kappa shape index (κ3) is 3.50. The van der Waals surface area contributed by atoms with Crippen LogP contribution in [0, 0.1) is 0 Å². The van der Waals surface area contributed by atoms with Crippen LogP contribution in [0.15, 0.2) is 47.6 Å². The third-order valence-electron chi connectivity index (χ3n) is 3.65. The molecular weight excluding hydrogens is 324 g/mol. The summed E-state index contributed by atoms with van der Waals surface area (Å²) in [5.74, 6) is 5.82. The fourth-order valence-electron chi connectivity index (χ4n) is 2.35. The minimum absolute atomic E-state index is 0.208. The highest BCUT2D eigenvalue weighted by Crippen LogP contribution is 2.23.